The fourth-order valence-electron chi connectivity index (χ4n) is 2.61. The molecule has 0 saturated carbocycles. The number of benzene rings is 1. The van der Waals surface area contributed by atoms with Gasteiger partial charge in [0, 0.05) is 31.2 Å². The molecule has 1 amide bonds. The first-order valence-corrected chi connectivity index (χ1v) is 5.46. The van der Waals surface area contributed by atoms with Gasteiger partial charge in [0.15, 0.2) is 0 Å². The second-order valence-corrected chi connectivity index (χ2v) is 4.23. The van der Waals surface area contributed by atoms with Gasteiger partial charge in [-0.2, -0.15) is 0 Å². The first-order valence-electron chi connectivity index (χ1n) is 5.46. The van der Waals surface area contributed by atoms with Crippen LogP contribution in [-0.2, 0) is 11.2 Å². The summed E-state index contributed by atoms with van der Waals surface area (Å²) in [4.78, 5) is 13.8. The largest absolute Gasteiger partial charge is 0.366 e. The van der Waals surface area contributed by atoms with E-state index in [9.17, 15) is 4.79 Å². The molecule has 0 radical (unpaired) electrons. The topological polar surface area (TPSA) is 32.3 Å². The molecular weight excluding hydrogens is 188 g/mol. The smallest absolute Gasteiger partial charge is 0.222 e. The highest BCUT2D eigenvalue weighted by Crippen LogP contribution is 2.33. The maximum Gasteiger partial charge on any atom is 0.222 e. The summed E-state index contributed by atoms with van der Waals surface area (Å²) in [5.74, 6) is 0.190. The Labute approximate surface area is 89.1 Å². The van der Waals surface area contributed by atoms with Gasteiger partial charge in [-0.05, 0) is 18.1 Å². The average molecular weight is 202 g/mol. The van der Waals surface area contributed by atoms with Crippen molar-refractivity contribution in [1.82, 2.24) is 5.32 Å². The predicted octanol–water partition coefficient (Wildman–Crippen LogP) is 0.938. The zero-order valence-electron chi connectivity index (χ0n) is 8.57. The summed E-state index contributed by atoms with van der Waals surface area (Å²) in [6, 6.07) is 8.85. The Hall–Kier alpha value is -1.51. The van der Waals surface area contributed by atoms with Crippen molar-refractivity contribution in [2.45, 2.75) is 18.9 Å². The van der Waals surface area contributed by atoms with Crippen LogP contribution in [0.15, 0.2) is 24.3 Å². The van der Waals surface area contributed by atoms with E-state index in [0.717, 1.165) is 19.5 Å². The van der Waals surface area contributed by atoms with Crippen molar-refractivity contribution in [1.29, 1.82) is 0 Å². The van der Waals surface area contributed by atoms with Crippen LogP contribution in [0.25, 0.3) is 0 Å². The van der Waals surface area contributed by atoms with Gasteiger partial charge in [-0.3, -0.25) is 4.79 Å². The van der Waals surface area contributed by atoms with E-state index in [1.54, 1.807) is 0 Å². The van der Waals surface area contributed by atoms with Gasteiger partial charge in [0.25, 0.3) is 0 Å². The number of para-hydroxylation sites is 1. The molecule has 3 rings (SSSR count). The third-order valence-electron chi connectivity index (χ3n) is 3.29. The standard InChI is InChI=1S/C12H14N2O/c15-12-8-10-7-9-3-1-2-4-11(9)14(10)6-5-13-12/h1-4,10H,5-8H2,(H,13,15). The van der Waals surface area contributed by atoms with Crippen LogP contribution in [0.3, 0.4) is 0 Å². The van der Waals surface area contributed by atoms with E-state index in [4.69, 9.17) is 0 Å². The molecule has 1 aromatic rings. The average Bonchev–Trinajstić information content (AvgIpc) is 2.46. The molecule has 3 nitrogen and oxygen atoms in total. The van der Waals surface area contributed by atoms with Crippen molar-refractivity contribution < 1.29 is 4.79 Å². The number of rotatable bonds is 0. The van der Waals surface area contributed by atoms with Crippen molar-refractivity contribution in [2.24, 2.45) is 0 Å². The molecule has 1 atom stereocenters. The number of hydrogen-bond donors (Lipinski definition) is 1. The van der Waals surface area contributed by atoms with Gasteiger partial charge in [-0.1, -0.05) is 18.2 Å². The van der Waals surface area contributed by atoms with Crippen molar-refractivity contribution in [3.63, 3.8) is 0 Å². The molecule has 0 bridgehead atoms. The van der Waals surface area contributed by atoms with Crippen LogP contribution in [0.4, 0.5) is 5.69 Å². The van der Waals surface area contributed by atoms with E-state index >= 15 is 0 Å². The van der Waals surface area contributed by atoms with Gasteiger partial charge in [-0.25, -0.2) is 0 Å². The molecule has 1 N–H and O–H groups in total. The summed E-state index contributed by atoms with van der Waals surface area (Å²) in [5.41, 5.74) is 2.70. The van der Waals surface area contributed by atoms with Crippen molar-refractivity contribution in [2.75, 3.05) is 18.0 Å². The number of nitrogens with zero attached hydrogens (tertiary/aromatic N) is 1. The van der Waals surface area contributed by atoms with E-state index in [0.29, 0.717) is 12.5 Å². The minimum atomic E-state index is 0.190. The molecule has 0 spiro atoms. The van der Waals surface area contributed by atoms with E-state index in [1.807, 2.05) is 0 Å². The van der Waals surface area contributed by atoms with Crippen LogP contribution in [0, 0.1) is 0 Å². The van der Waals surface area contributed by atoms with Crippen molar-refractivity contribution in [3.05, 3.63) is 29.8 Å². The quantitative estimate of drug-likeness (QED) is 0.679. The summed E-state index contributed by atoms with van der Waals surface area (Å²) in [6.07, 6.45) is 1.65. The third kappa shape index (κ3) is 1.39. The van der Waals surface area contributed by atoms with Crippen molar-refractivity contribution >= 4 is 11.6 Å². The number of fused-ring (bicyclic) bond motifs is 3. The van der Waals surface area contributed by atoms with Crippen LogP contribution >= 0.6 is 0 Å². The molecule has 2 aliphatic heterocycles. The molecule has 15 heavy (non-hydrogen) atoms. The van der Waals surface area contributed by atoms with E-state index in [1.165, 1.54) is 11.3 Å². The Morgan fingerprint density at radius 1 is 1.27 bits per heavy atom. The van der Waals surface area contributed by atoms with Gasteiger partial charge in [-0.15, -0.1) is 0 Å². The Bertz CT molecular complexity index is 402. The summed E-state index contributed by atoms with van der Waals surface area (Å²) >= 11 is 0. The summed E-state index contributed by atoms with van der Waals surface area (Å²) in [6.45, 7) is 1.71. The summed E-state index contributed by atoms with van der Waals surface area (Å²) in [5, 5.41) is 2.92. The van der Waals surface area contributed by atoms with Crippen LogP contribution < -0.4 is 10.2 Å². The van der Waals surface area contributed by atoms with Gasteiger partial charge in [0.05, 0.1) is 0 Å². The SMILES string of the molecule is O=C1CC2Cc3ccccc3N2CCN1. The molecule has 2 heterocycles. The van der Waals surface area contributed by atoms with E-state index in [2.05, 4.69) is 34.5 Å². The first-order chi connectivity index (χ1) is 7.34. The summed E-state index contributed by atoms with van der Waals surface area (Å²) < 4.78 is 0. The fraction of sp³-hybridized carbons (Fsp3) is 0.417. The lowest BCUT2D eigenvalue weighted by atomic mass is 10.1. The minimum absolute atomic E-state index is 0.190. The normalized spacial score (nSPS) is 24.1. The lowest BCUT2D eigenvalue weighted by Crippen LogP contribution is -2.32. The second-order valence-electron chi connectivity index (χ2n) is 4.23. The number of amides is 1. The zero-order valence-corrected chi connectivity index (χ0v) is 8.57. The van der Waals surface area contributed by atoms with Crippen LogP contribution in [0.5, 0.6) is 0 Å². The second kappa shape index (κ2) is 3.26. The minimum Gasteiger partial charge on any atom is -0.366 e. The third-order valence-corrected chi connectivity index (χ3v) is 3.29. The lowest BCUT2D eigenvalue weighted by molar-refractivity contribution is -0.120. The van der Waals surface area contributed by atoms with Gasteiger partial charge in [0.1, 0.15) is 0 Å². The maximum absolute atomic E-state index is 11.4. The fourth-order valence-corrected chi connectivity index (χ4v) is 2.61. The molecule has 78 valence electrons. The van der Waals surface area contributed by atoms with Crippen LogP contribution in [0.2, 0.25) is 0 Å². The molecule has 1 saturated heterocycles. The number of nitrogens with one attached hydrogen (secondary N) is 1. The molecule has 1 unspecified atom stereocenters. The Morgan fingerprint density at radius 2 is 2.13 bits per heavy atom. The van der Waals surface area contributed by atoms with Gasteiger partial charge in [0.2, 0.25) is 5.91 Å². The maximum atomic E-state index is 11.4. The predicted molar refractivity (Wildman–Crippen MR) is 58.9 cm³/mol. The lowest BCUT2D eigenvalue weighted by Gasteiger charge is -2.23. The molecule has 0 aromatic heterocycles. The van der Waals surface area contributed by atoms with E-state index < -0.39 is 0 Å². The molecule has 0 aliphatic carbocycles. The van der Waals surface area contributed by atoms with Crippen molar-refractivity contribution in [3.8, 4) is 0 Å². The molecular formula is C12H14N2O. The number of anilines is 1. The zero-order chi connectivity index (χ0) is 10.3. The van der Waals surface area contributed by atoms with Crippen LogP contribution in [0.1, 0.15) is 12.0 Å². The molecule has 3 heteroatoms. The number of carbonyl (C=O) groups is 1. The van der Waals surface area contributed by atoms with Crippen LogP contribution in [-0.4, -0.2) is 25.0 Å². The summed E-state index contributed by atoms with van der Waals surface area (Å²) in [7, 11) is 0. The van der Waals surface area contributed by atoms with Gasteiger partial charge >= 0.3 is 0 Å². The molecule has 2 aliphatic rings. The number of carbonyl (C=O) groups excluding carboxylic acids is 1. The molecule has 1 fully saturated rings. The highest BCUT2D eigenvalue weighted by molar-refractivity contribution is 5.79. The Morgan fingerprint density at radius 3 is 3.07 bits per heavy atom. The molecule has 1 aromatic carbocycles. The first kappa shape index (κ1) is 8.77. The Balaban J connectivity index is 1.96. The van der Waals surface area contributed by atoms with E-state index in [-0.39, 0.29) is 5.91 Å². The number of hydrogen-bond acceptors (Lipinski definition) is 2. The highest BCUT2D eigenvalue weighted by Gasteiger charge is 2.31. The Kier molecular flexibility index (Phi) is 1.91. The highest BCUT2D eigenvalue weighted by atomic mass is 16.1. The monoisotopic (exact) mass is 202 g/mol. The van der Waals surface area contributed by atoms with Gasteiger partial charge < -0.3 is 10.2 Å².